The van der Waals surface area contributed by atoms with Crippen molar-refractivity contribution in [3.8, 4) is 0 Å². The van der Waals surface area contributed by atoms with Gasteiger partial charge in [0.1, 0.15) is 0 Å². The Morgan fingerprint density at radius 1 is 1.50 bits per heavy atom. The molecule has 2 rings (SSSR count). The molecule has 0 saturated carbocycles. The maximum absolute atomic E-state index is 3.51. The summed E-state index contributed by atoms with van der Waals surface area (Å²) in [5.74, 6) is 2.76. The van der Waals surface area contributed by atoms with Crippen LogP contribution >= 0.6 is 11.8 Å². The lowest BCUT2D eigenvalue weighted by Crippen LogP contribution is -2.56. The highest BCUT2D eigenvalue weighted by molar-refractivity contribution is 7.99. The van der Waals surface area contributed by atoms with Gasteiger partial charge in [0.15, 0.2) is 0 Å². The van der Waals surface area contributed by atoms with E-state index in [1.54, 1.807) is 0 Å². The molecule has 0 amide bonds. The average molecular weight is 214 g/mol. The lowest BCUT2D eigenvalue weighted by molar-refractivity contribution is 0.107. The summed E-state index contributed by atoms with van der Waals surface area (Å²) in [5.41, 5.74) is 0. The Morgan fingerprint density at radius 3 is 3.14 bits per heavy atom. The Morgan fingerprint density at radius 2 is 2.43 bits per heavy atom. The first-order valence-electron chi connectivity index (χ1n) is 5.96. The molecule has 2 atom stereocenters. The maximum atomic E-state index is 3.51. The normalized spacial score (nSPS) is 35.8. The first-order chi connectivity index (χ1) is 6.92. The summed E-state index contributed by atoms with van der Waals surface area (Å²) in [5, 5.41) is 3.51. The number of thioether (sulfide) groups is 1. The van der Waals surface area contributed by atoms with E-state index in [9.17, 15) is 0 Å². The maximum Gasteiger partial charge on any atom is 0.0221 e. The van der Waals surface area contributed by atoms with E-state index in [0.29, 0.717) is 0 Å². The van der Waals surface area contributed by atoms with Gasteiger partial charge in [-0.05, 0) is 25.0 Å². The van der Waals surface area contributed by atoms with Crippen molar-refractivity contribution in [3.63, 3.8) is 0 Å². The average Bonchev–Trinajstić information content (AvgIpc) is 2.30. The van der Waals surface area contributed by atoms with Gasteiger partial charge < -0.3 is 5.32 Å². The molecule has 0 radical (unpaired) electrons. The molecule has 0 aromatic heterocycles. The summed E-state index contributed by atoms with van der Waals surface area (Å²) in [6.45, 7) is 5.99. The molecule has 0 aromatic rings. The second kappa shape index (κ2) is 5.38. The highest BCUT2D eigenvalue weighted by Crippen LogP contribution is 2.24. The molecule has 3 heteroatoms. The van der Waals surface area contributed by atoms with Crippen LogP contribution in [0.1, 0.15) is 26.2 Å². The van der Waals surface area contributed by atoms with Gasteiger partial charge in [0.2, 0.25) is 0 Å². The van der Waals surface area contributed by atoms with Crippen molar-refractivity contribution in [1.29, 1.82) is 0 Å². The van der Waals surface area contributed by atoms with E-state index >= 15 is 0 Å². The van der Waals surface area contributed by atoms with Crippen LogP contribution in [-0.2, 0) is 0 Å². The number of hydrogen-bond donors (Lipinski definition) is 1. The van der Waals surface area contributed by atoms with E-state index in [2.05, 4.69) is 28.9 Å². The lowest BCUT2D eigenvalue weighted by atomic mass is 10.0. The summed E-state index contributed by atoms with van der Waals surface area (Å²) in [4.78, 5) is 2.77. The van der Waals surface area contributed by atoms with Gasteiger partial charge in [-0.1, -0.05) is 6.92 Å². The van der Waals surface area contributed by atoms with Crippen LogP contribution in [0, 0.1) is 0 Å². The van der Waals surface area contributed by atoms with E-state index in [-0.39, 0.29) is 0 Å². The minimum absolute atomic E-state index is 0.799. The third-order valence-corrected chi connectivity index (χ3v) is 4.67. The highest BCUT2D eigenvalue weighted by Gasteiger charge is 2.28. The zero-order valence-electron chi connectivity index (χ0n) is 9.17. The molecule has 0 bridgehead atoms. The van der Waals surface area contributed by atoms with Gasteiger partial charge in [-0.3, -0.25) is 4.90 Å². The molecule has 2 saturated heterocycles. The predicted molar refractivity (Wildman–Crippen MR) is 64.0 cm³/mol. The van der Waals surface area contributed by atoms with Crippen molar-refractivity contribution < 1.29 is 0 Å². The van der Waals surface area contributed by atoms with E-state index in [1.807, 2.05) is 0 Å². The van der Waals surface area contributed by atoms with Crippen LogP contribution in [0.4, 0.5) is 0 Å². The summed E-state index contributed by atoms with van der Waals surface area (Å²) < 4.78 is 0. The first kappa shape index (κ1) is 10.8. The molecule has 2 aliphatic rings. The minimum Gasteiger partial charge on any atom is -0.314 e. The Kier molecular flexibility index (Phi) is 4.14. The summed E-state index contributed by atoms with van der Waals surface area (Å²) in [7, 11) is 0. The molecule has 0 spiro atoms. The minimum atomic E-state index is 0.799. The monoisotopic (exact) mass is 214 g/mol. The number of nitrogens with zero attached hydrogens (tertiary/aromatic N) is 1. The summed E-state index contributed by atoms with van der Waals surface area (Å²) >= 11 is 2.15. The van der Waals surface area contributed by atoms with Crippen LogP contribution in [0.15, 0.2) is 0 Å². The Hall–Kier alpha value is 0.270. The molecule has 0 aliphatic carbocycles. The van der Waals surface area contributed by atoms with Crippen LogP contribution in [0.25, 0.3) is 0 Å². The molecular weight excluding hydrogens is 192 g/mol. The van der Waals surface area contributed by atoms with E-state index < -0.39 is 0 Å². The molecular formula is C11H22N2S. The first-order valence-corrected chi connectivity index (χ1v) is 7.11. The second-order valence-corrected chi connectivity index (χ2v) is 5.52. The number of piperazine rings is 1. The van der Waals surface area contributed by atoms with Gasteiger partial charge in [0.25, 0.3) is 0 Å². The van der Waals surface area contributed by atoms with Crippen LogP contribution < -0.4 is 5.32 Å². The standard InChI is InChI=1S/C11H22N2S/c1-2-10-8-12-5-6-13(10)11-4-3-7-14-9-11/h10-12H,2-9H2,1H3. The Labute approximate surface area is 91.8 Å². The fraction of sp³-hybridized carbons (Fsp3) is 1.00. The van der Waals surface area contributed by atoms with Gasteiger partial charge in [0, 0.05) is 37.5 Å². The van der Waals surface area contributed by atoms with Crippen molar-refractivity contribution in [2.45, 2.75) is 38.3 Å². The third-order valence-electron chi connectivity index (χ3n) is 3.47. The zero-order valence-corrected chi connectivity index (χ0v) is 9.98. The van der Waals surface area contributed by atoms with Gasteiger partial charge in [-0.25, -0.2) is 0 Å². The fourth-order valence-electron chi connectivity index (χ4n) is 2.62. The topological polar surface area (TPSA) is 15.3 Å². The molecule has 2 aliphatic heterocycles. The summed E-state index contributed by atoms with van der Waals surface area (Å²) in [6, 6.07) is 1.67. The number of rotatable bonds is 2. The van der Waals surface area contributed by atoms with Crippen LogP contribution in [0.5, 0.6) is 0 Å². The summed E-state index contributed by atoms with van der Waals surface area (Å²) in [6.07, 6.45) is 4.16. The molecule has 1 N–H and O–H groups in total. The largest absolute Gasteiger partial charge is 0.314 e. The van der Waals surface area contributed by atoms with E-state index in [0.717, 1.165) is 12.1 Å². The molecule has 14 heavy (non-hydrogen) atoms. The quantitative estimate of drug-likeness (QED) is 0.751. The van der Waals surface area contributed by atoms with Crippen molar-refractivity contribution in [2.24, 2.45) is 0 Å². The lowest BCUT2D eigenvalue weighted by Gasteiger charge is -2.42. The molecule has 2 nitrogen and oxygen atoms in total. The smallest absolute Gasteiger partial charge is 0.0221 e. The molecule has 2 unspecified atom stereocenters. The van der Waals surface area contributed by atoms with E-state index in [4.69, 9.17) is 0 Å². The SMILES string of the molecule is CCC1CNCCN1C1CCCSC1. The van der Waals surface area contributed by atoms with Gasteiger partial charge in [-0.15, -0.1) is 0 Å². The predicted octanol–water partition coefficient (Wildman–Crippen LogP) is 1.57. The Balaban J connectivity index is 1.91. The van der Waals surface area contributed by atoms with Crippen LogP contribution in [0.2, 0.25) is 0 Å². The van der Waals surface area contributed by atoms with Crippen LogP contribution in [0.3, 0.4) is 0 Å². The third kappa shape index (κ3) is 2.44. The van der Waals surface area contributed by atoms with E-state index in [1.165, 1.54) is 50.4 Å². The van der Waals surface area contributed by atoms with Gasteiger partial charge in [-0.2, -0.15) is 11.8 Å². The van der Waals surface area contributed by atoms with Crippen LogP contribution in [-0.4, -0.2) is 48.1 Å². The number of nitrogens with one attached hydrogen (secondary N) is 1. The van der Waals surface area contributed by atoms with Crippen molar-refractivity contribution >= 4 is 11.8 Å². The molecule has 82 valence electrons. The molecule has 0 aromatic carbocycles. The van der Waals surface area contributed by atoms with Crippen molar-refractivity contribution in [1.82, 2.24) is 10.2 Å². The van der Waals surface area contributed by atoms with Gasteiger partial charge >= 0.3 is 0 Å². The molecule has 2 heterocycles. The number of hydrogen-bond acceptors (Lipinski definition) is 3. The van der Waals surface area contributed by atoms with Crippen molar-refractivity contribution in [2.75, 3.05) is 31.1 Å². The highest BCUT2D eigenvalue weighted by atomic mass is 32.2. The van der Waals surface area contributed by atoms with Crippen molar-refractivity contribution in [3.05, 3.63) is 0 Å². The Bertz CT molecular complexity index is 169. The fourth-order valence-corrected chi connectivity index (χ4v) is 3.79. The second-order valence-electron chi connectivity index (χ2n) is 4.37. The molecule has 2 fully saturated rings. The zero-order chi connectivity index (χ0) is 9.80. The van der Waals surface area contributed by atoms with Gasteiger partial charge in [0.05, 0.1) is 0 Å².